The Labute approximate surface area is 171 Å². The normalized spacial score (nSPS) is 12.4. The van der Waals surface area contributed by atoms with Crippen LogP contribution < -0.4 is 0 Å². The number of ether oxygens (including phenoxy) is 1. The Kier molecular flexibility index (Phi) is 6.37. The number of hydrogen-bond acceptors (Lipinski definition) is 5. The summed E-state index contributed by atoms with van der Waals surface area (Å²) >= 11 is 0. The third-order valence-corrected chi connectivity index (χ3v) is 5.68. The molecule has 0 spiro atoms. The van der Waals surface area contributed by atoms with Gasteiger partial charge in [0.05, 0.1) is 10.5 Å². The predicted molar refractivity (Wildman–Crippen MR) is 105 cm³/mol. The van der Waals surface area contributed by atoms with Crippen LogP contribution in [0.15, 0.2) is 89.8 Å². The van der Waals surface area contributed by atoms with Crippen molar-refractivity contribution in [2.75, 3.05) is 0 Å². The van der Waals surface area contributed by atoms with Crippen molar-refractivity contribution >= 4 is 21.6 Å². The fourth-order valence-electron chi connectivity index (χ4n) is 2.71. The van der Waals surface area contributed by atoms with Gasteiger partial charge in [0.1, 0.15) is 0 Å². The van der Waals surface area contributed by atoms with Crippen molar-refractivity contribution in [2.24, 2.45) is 0 Å². The number of carbonyl (C=O) groups is 2. The van der Waals surface area contributed by atoms with E-state index in [9.17, 15) is 26.8 Å². The number of Topliss-reactive ketones (excluding diaryl/α,β-unsaturated/α-hetero) is 1. The van der Waals surface area contributed by atoms with Crippen molar-refractivity contribution in [3.8, 4) is 0 Å². The number of ketones is 1. The average molecular weight is 430 g/mol. The van der Waals surface area contributed by atoms with Crippen LogP contribution in [0.2, 0.25) is 0 Å². The molecule has 8 heteroatoms. The second-order valence-electron chi connectivity index (χ2n) is 6.26. The van der Waals surface area contributed by atoms with Crippen LogP contribution in [0.4, 0.5) is 8.78 Å². The lowest BCUT2D eigenvalue weighted by molar-refractivity contribution is 0.0280. The third kappa shape index (κ3) is 4.60. The molecule has 0 aliphatic carbocycles. The standard InChI is InChI=1S/C22H16F2O5S/c23-22(24)30(27,28)18-13-11-17(12-14-18)21(26)29-20(16-9-5-2-6-10-16)19(25)15-7-3-1-4-8-15/h1-14,20,22H/t20-/m1/s1. The Morgan fingerprint density at radius 3 is 1.80 bits per heavy atom. The van der Waals surface area contributed by atoms with Gasteiger partial charge in [0.15, 0.2) is 6.10 Å². The Morgan fingerprint density at radius 2 is 1.27 bits per heavy atom. The fourth-order valence-corrected chi connectivity index (χ4v) is 3.43. The molecule has 5 nitrogen and oxygen atoms in total. The van der Waals surface area contributed by atoms with Gasteiger partial charge < -0.3 is 4.74 Å². The van der Waals surface area contributed by atoms with E-state index in [0.717, 1.165) is 24.3 Å². The molecule has 0 bridgehead atoms. The first kappa shape index (κ1) is 21.3. The molecule has 0 heterocycles. The maximum atomic E-state index is 12.9. The molecule has 3 rings (SSSR count). The largest absolute Gasteiger partial charge is 0.445 e. The van der Waals surface area contributed by atoms with Gasteiger partial charge >= 0.3 is 11.7 Å². The highest BCUT2D eigenvalue weighted by atomic mass is 32.2. The summed E-state index contributed by atoms with van der Waals surface area (Å²) in [7, 11) is -4.77. The molecule has 0 unspecified atom stereocenters. The van der Waals surface area contributed by atoms with E-state index in [-0.39, 0.29) is 5.56 Å². The first-order valence-corrected chi connectivity index (χ1v) is 10.3. The molecule has 0 amide bonds. The van der Waals surface area contributed by atoms with Crippen LogP contribution in [0.1, 0.15) is 32.4 Å². The molecule has 0 saturated heterocycles. The fraction of sp³-hybridized carbons (Fsp3) is 0.0909. The van der Waals surface area contributed by atoms with Crippen molar-refractivity contribution in [3.05, 3.63) is 102 Å². The minimum absolute atomic E-state index is 0.0787. The van der Waals surface area contributed by atoms with Crippen molar-refractivity contribution in [2.45, 2.75) is 16.8 Å². The van der Waals surface area contributed by atoms with E-state index >= 15 is 0 Å². The zero-order chi connectivity index (χ0) is 21.7. The Morgan fingerprint density at radius 1 is 0.733 bits per heavy atom. The van der Waals surface area contributed by atoms with Gasteiger partial charge in [-0.25, -0.2) is 13.2 Å². The Balaban J connectivity index is 1.88. The molecule has 0 aliphatic rings. The topological polar surface area (TPSA) is 77.5 Å². The van der Waals surface area contributed by atoms with E-state index in [4.69, 9.17) is 4.74 Å². The van der Waals surface area contributed by atoms with Crippen LogP contribution in [-0.4, -0.2) is 25.9 Å². The summed E-state index contributed by atoms with van der Waals surface area (Å²) in [5.74, 6) is -4.90. The minimum atomic E-state index is -4.77. The molecular weight excluding hydrogens is 414 g/mol. The van der Waals surface area contributed by atoms with E-state index in [0.29, 0.717) is 11.1 Å². The SMILES string of the molecule is O=C(O[C@@H](C(=O)c1ccccc1)c1ccccc1)c1ccc(S(=O)(=O)C(F)F)cc1. The monoisotopic (exact) mass is 430 g/mol. The highest BCUT2D eigenvalue weighted by molar-refractivity contribution is 7.91. The smallest absolute Gasteiger partial charge is 0.341 e. The number of carbonyl (C=O) groups excluding carboxylic acids is 2. The van der Waals surface area contributed by atoms with Gasteiger partial charge in [-0.1, -0.05) is 60.7 Å². The van der Waals surface area contributed by atoms with Gasteiger partial charge in [0.2, 0.25) is 15.6 Å². The minimum Gasteiger partial charge on any atom is -0.445 e. The van der Waals surface area contributed by atoms with Gasteiger partial charge in [-0.05, 0) is 24.3 Å². The molecule has 0 N–H and O–H groups in total. The van der Waals surface area contributed by atoms with Gasteiger partial charge in [0.25, 0.3) is 0 Å². The van der Waals surface area contributed by atoms with Crippen molar-refractivity contribution in [1.29, 1.82) is 0 Å². The van der Waals surface area contributed by atoms with Crippen LogP contribution >= 0.6 is 0 Å². The molecule has 30 heavy (non-hydrogen) atoms. The number of esters is 1. The summed E-state index contributed by atoms with van der Waals surface area (Å²) in [6, 6.07) is 20.6. The molecule has 154 valence electrons. The highest BCUT2D eigenvalue weighted by Gasteiger charge is 2.28. The highest BCUT2D eigenvalue weighted by Crippen LogP contribution is 2.25. The quantitative estimate of drug-likeness (QED) is 0.408. The zero-order valence-corrected chi connectivity index (χ0v) is 16.3. The number of alkyl halides is 2. The van der Waals surface area contributed by atoms with Crippen LogP contribution in [0.25, 0.3) is 0 Å². The van der Waals surface area contributed by atoms with Gasteiger partial charge in [-0.15, -0.1) is 0 Å². The second kappa shape index (κ2) is 8.96. The van der Waals surface area contributed by atoms with E-state index < -0.39 is 38.3 Å². The van der Waals surface area contributed by atoms with Gasteiger partial charge in [-0.3, -0.25) is 4.79 Å². The molecule has 0 aromatic heterocycles. The van der Waals surface area contributed by atoms with Crippen molar-refractivity contribution in [1.82, 2.24) is 0 Å². The average Bonchev–Trinajstić information content (AvgIpc) is 2.78. The number of sulfone groups is 1. The van der Waals surface area contributed by atoms with E-state index in [1.807, 2.05) is 0 Å². The van der Waals surface area contributed by atoms with Crippen molar-refractivity contribution < 1.29 is 31.5 Å². The molecule has 3 aromatic rings. The summed E-state index contributed by atoms with van der Waals surface area (Å²) < 4.78 is 53.7. The Bertz CT molecular complexity index is 1130. The summed E-state index contributed by atoms with van der Waals surface area (Å²) in [6.07, 6.45) is -1.23. The van der Waals surface area contributed by atoms with Crippen LogP contribution in [0.3, 0.4) is 0 Å². The van der Waals surface area contributed by atoms with Crippen LogP contribution in [0, 0.1) is 0 Å². The maximum absolute atomic E-state index is 12.9. The molecule has 0 radical (unpaired) electrons. The van der Waals surface area contributed by atoms with Crippen LogP contribution in [0.5, 0.6) is 0 Å². The maximum Gasteiger partial charge on any atom is 0.341 e. The van der Waals surface area contributed by atoms with Gasteiger partial charge in [-0.2, -0.15) is 8.78 Å². The Hall–Kier alpha value is -3.39. The zero-order valence-electron chi connectivity index (χ0n) is 15.4. The molecule has 3 aromatic carbocycles. The predicted octanol–water partition coefficient (Wildman–Crippen LogP) is 4.46. The number of rotatable bonds is 7. The molecule has 0 saturated carbocycles. The summed E-state index contributed by atoms with van der Waals surface area (Å²) in [6.45, 7) is 0. The van der Waals surface area contributed by atoms with Crippen molar-refractivity contribution in [3.63, 3.8) is 0 Å². The summed E-state index contributed by atoms with van der Waals surface area (Å²) in [5.41, 5.74) is 0.721. The number of halogens is 2. The number of benzene rings is 3. The van der Waals surface area contributed by atoms with Crippen LogP contribution in [-0.2, 0) is 14.6 Å². The second-order valence-corrected chi connectivity index (χ2v) is 8.17. The molecular formula is C22H16F2O5S. The van der Waals surface area contributed by atoms with E-state index in [1.165, 1.54) is 0 Å². The number of hydrogen-bond donors (Lipinski definition) is 0. The van der Waals surface area contributed by atoms with E-state index in [1.54, 1.807) is 60.7 Å². The summed E-state index contributed by atoms with van der Waals surface area (Å²) in [4.78, 5) is 24.9. The first-order chi connectivity index (χ1) is 14.3. The third-order valence-electron chi connectivity index (χ3n) is 4.28. The first-order valence-electron chi connectivity index (χ1n) is 8.78. The summed E-state index contributed by atoms with van der Waals surface area (Å²) in [5, 5.41) is 0. The molecule has 0 aliphatic heterocycles. The lowest BCUT2D eigenvalue weighted by Gasteiger charge is -2.17. The lowest BCUT2D eigenvalue weighted by atomic mass is 10.00. The molecule has 1 atom stereocenters. The van der Waals surface area contributed by atoms with Gasteiger partial charge in [0, 0.05) is 11.1 Å². The molecule has 0 fully saturated rings. The lowest BCUT2D eigenvalue weighted by Crippen LogP contribution is -2.20. The van der Waals surface area contributed by atoms with E-state index in [2.05, 4.69) is 0 Å².